The molecule has 1 amide bonds. The fourth-order valence-corrected chi connectivity index (χ4v) is 3.80. The maximum Gasteiger partial charge on any atom is 0.258 e. The molecule has 3 aromatic heterocycles. The van der Waals surface area contributed by atoms with Crippen molar-refractivity contribution in [2.24, 2.45) is 0 Å². The van der Waals surface area contributed by atoms with Crippen molar-refractivity contribution in [2.45, 2.75) is 11.4 Å². The molecule has 152 valence electrons. The molecular weight excluding hydrogens is 410 g/mol. The van der Waals surface area contributed by atoms with E-state index in [9.17, 15) is 10.1 Å². The number of aryl methyl sites for hydroxylation is 1. The van der Waals surface area contributed by atoms with Gasteiger partial charge in [0.1, 0.15) is 22.4 Å². The number of hydrogen-bond donors (Lipinski definition) is 1. The highest BCUT2D eigenvalue weighted by Gasteiger charge is 2.19. The van der Waals surface area contributed by atoms with E-state index in [2.05, 4.69) is 26.3 Å². The second-order valence-corrected chi connectivity index (χ2v) is 7.49. The van der Waals surface area contributed by atoms with Crippen LogP contribution in [0, 0.1) is 11.3 Å². The first kappa shape index (κ1) is 20.3. The molecule has 4 rings (SSSR count). The Balaban J connectivity index is 1.63. The summed E-state index contributed by atoms with van der Waals surface area (Å²) in [5.74, 6) is 0.868. The minimum absolute atomic E-state index is 0.111. The molecule has 0 aliphatic heterocycles. The molecule has 0 saturated carbocycles. The number of nitrogens with one attached hydrogen (secondary N) is 1. The third-order valence-corrected chi connectivity index (χ3v) is 5.30. The zero-order valence-corrected chi connectivity index (χ0v) is 17.2. The van der Waals surface area contributed by atoms with Gasteiger partial charge in [-0.15, -0.1) is 11.8 Å². The molecule has 0 aliphatic carbocycles. The van der Waals surface area contributed by atoms with Gasteiger partial charge in [0.05, 0.1) is 6.26 Å². The van der Waals surface area contributed by atoms with E-state index in [1.54, 1.807) is 42.6 Å². The summed E-state index contributed by atoms with van der Waals surface area (Å²) < 4.78 is 5.46. The third kappa shape index (κ3) is 4.97. The maximum atomic E-state index is 12.6. The normalized spacial score (nSPS) is 10.4. The average molecular weight is 427 g/mol. The summed E-state index contributed by atoms with van der Waals surface area (Å²) in [5, 5.41) is 13.0. The van der Waals surface area contributed by atoms with Crippen molar-refractivity contribution in [3.63, 3.8) is 0 Å². The van der Waals surface area contributed by atoms with E-state index in [1.165, 1.54) is 18.0 Å². The third-order valence-electron chi connectivity index (χ3n) is 4.33. The molecule has 0 saturated heterocycles. The van der Waals surface area contributed by atoms with Gasteiger partial charge in [-0.1, -0.05) is 24.3 Å². The number of nitrogens with zero attached hydrogens (tertiary/aromatic N) is 4. The van der Waals surface area contributed by atoms with Crippen molar-refractivity contribution < 1.29 is 9.21 Å². The van der Waals surface area contributed by atoms with Crippen LogP contribution in [0.4, 0.5) is 5.95 Å². The summed E-state index contributed by atoms with van der Waals surface area (Å²) in [5.41, 5.74) is 2.08. The van der Waals surface area contributed by atoms with Crippen LogP contribution < -0.4 is 5.32 Å². The number of carbonyl (C=O) groups is 1. The Kier molecular flexibility index (Phi) is 6.35. The van der Waals surface area contributed by atoms with Crippen molar-refractivity contribution in [1.29, 1.82) is 5.26 Å². The standard InChI is InChI=1S/C23H17N5O2S/c24-15-18-20(19-10-6-13-30-19)26-23(27-21(29)16-7-2-1-3-8-16)28-22(18)31-14-11-17-9-4-5-12-25-17/h1-10,12-13H,11,14H2,(H,26,27,28,29). The largest absolute Gasteiger partial charge is 0.463 e. The number of thioether (sulfide) groups is 1. The van der Waals surface area contributed by atoms with Gasteiger partial charge in [0.15, 0.2) is 5.76 Å². The average Bonchev–Trinajstić information content (AvgIpc) is 3.35. The van der Waals surface area contributed by atoms with Crippen LogP contribution in [0.3, 0.4) is 0 Å². The van der Waals surface area contributed by atoms with E-state index in [0.29, 0.717) is 39.8 Å². The van der Waals surface area contributed by atoms with Crippen LogP contribution in [0.15, 0.2) is 82.6 Å². The lowest BCUT2D eigenvalue weighted by Gasteiger charge is -2.10. The van der Waals surface area contributed by atoms with Crippen LogP contribution in [0.2, 0.25) is 0 Å². The molecule has 7 nitrogen and oxygen atoms in total. The molecule has 1 N–H and O–H groups in total. The van der Waals surface area contributed by atoms with Gasteiger partial charge in [-0.2, -0.15) is 5.26 Å². The number of amides is 1. The number of anilines is 1. The van der Waals surface area contributed by atoms with Gasteiger partial charge in [0, 0.05) is 23.2 Å². The van der Waals surface area contributed by atoms with Crippen LogP contribution in [0.1, 0.15) is 21.6 Å². The van der Waals surface area contributed by atoms with Crippen molar-refractivity contribution >= 4 is 23.6 Å². The zero-order chi connectivity index (χ0) is 21.5. The smallest absolute Gasteiger partial charge is 0.258 e. The molecule has 0 unspecified atom stereocenters. The van der Waals surface area contributed by atoms with E-state index >= 15 is 0 Å². The highest BCUT2D eigenvalue weighted by atomic mass is 32.2. The van der Waals surface area contributed by atoms with Crippen LogP contribution >= 0.6 is 11.8 Å². The van der Waals surface area contributed by atoms with E-state index in [0.717, 1.165) is 5.69 Å². The Morgan fingerprint density at radius 3 is 2.61 bits per heavy atom. The molecule has 0 atom stereocenters. The Bertz CT molecular complexity index is 1210. The molecule has 0 fully saturated rings. The number of rotatable bonds is 7. The van der Waals surface area contributed by atoms with Crippen LogP contribution in [-0.4, -0.2) is 26.6 Å². The van der Waals surface area contributed by atoms with Crippen molar-refractivity contribution in [3.05, 3.63) is 89.9 Å². The molecular formula is C23H17N5O2S. The number of carbonyl (C=O) groups excluding carboxylic acids is 1. The number of pyridine rings is 1. The number of furan rings is 1. The first-order valence-corrected chi connectivity index (χ1v) is 10.5. The van der Waals surface area contributed by atoms with Gasteiger partial charge in [-0.05, 0) is 42.8 Å². The van der Waals surface area contributed by atoms with Crippen molar-refractivity contribution in [1.82, 2.24) is 15.0 Å². The van der Waals surface area contributed by atoms with E-state index in [4.69, 9.17) is 4.42 Å². The SMILES string of the molecule is N#Cc1c(SCCc2ccccn2)nc(NC(=O)c2ccccc2)nc1-c1ccco1. The van der Waals surface area contributed by atoms with E-state index < -0.39 is 0 Å². The molecule has 8 heteroatoms. The maximum absolute atomic E-state index is 12.6. The predicted octanol–water partition coefficient (Wildman–Crippen LogP) is 4.59. The van der Waals surface area contributed by atoms with Crippen LogP contribution in [0.5, 0.6) is 0 Å². The Morgan fingerprint density at radius 1 is 1.06 bits per heavy atom. The Morgan fingerprint density at radius 2 is 1.90 bits per heavy atom. The molecule has 3 heterocycles. The van der Waals surface area contributed by atoms with Gasteiger partial charge in [0.2, 0.25) is 5.95 Å². The highest BCUT2D eigenvalue weighted by molar-refractivity contribution is 7.99. The number of aromatic nitrogens is 3. The molecule has 31 heavy (non-hydrogen) atoms. The fourth-order valence-electron chi connectivity index (χ4n) is 2.85. The van der Waals surface area contributed by atoms with Crippen molar-refractivity contribution in [3.8, 4) is 17.5 Å². The molecule has 0 bridgehead atoms. The summed E-state index contributed by atoms with van der Waals surface area (Å²) in [4.78, 5) is 25.7. The molecule has 0 aliphatic rings. The lowest BCUT2D eigenvalue weighted by Crippen LogP contribution is -2.15. The quantitative estimate of drug-likeness (QED) is 0.340. The van der Waals surface area contributed by atoms with Crippen LogP contribution in [0.25, 0.3) is 11.5 Å². The monoisotopic (exact) mass is 427 g/mol. The topological polar surface area (TPSA) is 105 Å². The van der Waals surface area contributed by atoms with Crippen molar-refractivity contribution in [2.75, 3.05) is 11.1 Å². The fraction of sp³-hybridized carbons (Fsp3) is 0.0870. The first-order chi connectivity index (χ1) is 15.2. The summed E-state index contributed by atoms with van der Waals surface area (Å²) in [6, 6.07) is 20.2. The minimum Gasteiger partial charge on any atom is -0.463 e. The Hall–Kier alpha value is -3.96. The number of benzene rings is 1. The number of hydrogen-bond acceptors (Lipinski definition) is 7. The zero-order valence-electron chi connectivity index (χ0n) is 16.4. The minimum atomic E-state index is -0.333. The first-order valence-electron chi connectivity index (χ1n) is 9.49. The highest BCUT2D eigenvalue weighted by Crippen LogP contribution is 2.30. The van der Waals surface area contributed by atoms with Crippen LogP contribution in [-0.2, 0) is 6.42 Å². The number of nitriles is 1. The second kappa shape index (κ2) is 9.69. The van der Waals surface area contributed by atoms with Gasteiger partial charge in [-0.25, -0.2) is 9.97 Å². The van der Waals surface area contributed by atoms with Gasteiger partial charge < -0.3 is 4.42 Å². The lowest BCUT2D eigenvalue weighted by molar-refractivity contribution is 0.102. The summed E-state index contributed by atoms with van der Waals surface area (Å²) in [6.07, 6.45) is 3.97. The molecule has 1 aromatic carbocycles. The molecule has 0 spiro atoms. The van der Waals surface area contributed by atoms with E-state index in [1.807, 2.05) is 24.3 Å². The summed E-state index contributed by atoms with van der Waals surface area (Å²) >= 11 is 1.41. The molecule has 0 radical (unpaired) electrons. The van der Waals surface area contributed by atoms with Gasteiger partial charge in [-0.3, -0.25) is 15.1 Å². The Labute approximate surface area is 183 Å². The van der Waals surface area contributed by atoms with E-state index in [-0.39, 0.29) is 11.9 Å². The summed E-state index contributed by atoms with van der Waals surface area (Å²) in [7, 11) is 0. The second-order valence-electron chi connectivity index (χ2n) is 6.40. The van der Waals surface area contributed by atoms with Gasteiger partial charge >= 0.3 is 0 Å². The predicted molar refractivity (Wildman–Crippen MR) is 118 cm³/mol. The molecule has 4 aromatic rings. The summed E-state index contributed by atoms with van der Waals surface area (Å²) in [6.45, 7) is 0. The lowest BCUT2D eigenvalue weighted by atomic mass is 10.2. The van der Waals surface area contributed by atoms with Gasteiger partial charge in [0.25, 0.3) is 5.91 Å².